The summed E-state index contributed by atoms with van der Waals surface area (Å²) in [4.78, 5) is 10.8. The molecule has 12 heteroatoms. The molecule has 0 bridgehead atoms. The van der Waals surface area contributed by atoms with Gasteiger partial charge in [0.1, 0.15) is 11.6 Å². The minimum Gasteiger partial charge on any atom is -0.451 e. The first-order valence-corrected chi connectivity index (χ1v) is 10.8. The predicted molar refractivity (Wildman–Crippen MR) is 103 cm³/mol. The molecule has 0 saturated heterocycles. The molecule has 0 fully saturated rings. The Balaban J connectivity index is 1.94. The standard InChI is InChI=1S/C22H15F9O2S/c1-9(32)33-19-18-13(8-21(19,27)28)11(2-3-16(18)34-22(29,30)31)12-4-5-20(25,26)14-6-10(23)7-15(24)17(12)14/h2-3,6-7,12,19H,4-5,8H2,1H3/t12?,19-/m0/s1. The van der Waals surface area contributed by atoms with Gasteiger partial charge in [0.15, 0.2) is 6.10 Å². The number of ether oxygens (including phenoxy) is 1. The molecule has 1 unspecified atom stereocenters. The molecule has 0 N–H and O–H groups in total. The van der Waals surface area contributed by atoms with Crippen molar-refractivity contribution in [1.29, 1.82) is 0 Å². The Labute approximate surface area is 191 Å². The predicted octanol–water partition coefficient (Wildman–Crippen LogP) is 7.39. The lowest BCUT2D eigenvalue weighted by Crippen LogP contribution is -2.27. The van der Waals surface area contributed by atoms with Gasteiger partial charge in [0.25, 0.3) is 11.8 Å². The maximum absolute atomic E-state index is 14.9. The average Bonchev–Trinajstić information content (AvgIpc) is 2.92. The first-order valence-electron chi connectivity index (χ1n) is 9.94. The number of carbonyl (C=O) groups excluding carboxylic acids is 1. The van der Waals surface area contributed by atoms with Gasteiger partial charge >= 0.3 is 11.5 Å². The third kappa shape index (κ3) is 4.36. The van der Waals surface area contributed by atoms with E-state index in [1.807, 2.05) is 0 Å². The van der Waals surface area contributed by atoms with E-state index in [1.165, 1.54) is 0 Å². The van der Waals surface area contributed by atoms with Gasteiger partial charge in [-0.1, -0.05) is 6.07 Å². The van der Waals surface area contributed by atoms with Crippen LogP contribution in [0, 0.1) is 11.6 Å². The Kier molecular flexibility index (Phi) is 5.89. The Hall–Kier alpha value is -2.37. The molecule has 2 aromatic rings. The molecule has 2 nitrogen and oxygen atoms in total. The van der Waals surface area contributed by atoms with E-state index in [-0.39, 0.29) is 11.1 Å². The highest BCUT2D eigenvalue weighted by atomic mass is 32.2. The first-order chi connectivity index (χ1) is 15.6. The molecule has 4 rings (SSSR count). The molecule has 34 heavy (non-hydrogen) atoms. The van der Waals surface area contributed by atoms with Gasteiger partial charge < -0.3 is 4.74 Å². The lowest BCUT2D eigenvalue weighted by atomic mass is 9.75. The molecule has 2 atom stereocenters. The summed E-state index contributed by atoms with van der Waals surface area (Å²) in [6.07, 6.45) is -4.77. The van der Waals surface area contributed by atoms with Crippen LogP contribution in [0.3, 0.4) is 0 Å². The van der Waals surface area contributed by atoms with E-state index in [9.17, 15) is 44.3 Å². The highest BCUT2D eigenvalue weighted by Gasteiger charge is 2.54. The SMILES string of the molecule is CC(=O)O[C@H]1c2c(SC(F)(F)F)ccc(C3CCC(F)(F)c4cc(F)cc(F)c43)c2CC1(F)F. The quantitative estimate of drug-likeness (QED) is 0.243. The van der Waals surface area contributed by atoms with E-state index < -0.39 is 99.6 Å². The van der Waals surface area contributed by atoms with Crippen LogP contribution in [-0.2, 0) is 21.9 Å². The van der Waals surface area contributed by atoms with Gasteiger partial charge in [-0.2, -0.15) is 13.2 Å². The van der Waals surface area contributed by atoms with E-state index in [4.69, 9.17) is 0 Å². The second-order valence-electron chi connectivity index (χ2n) is 8.16. The highest BCUT2D eigenvalue weighted by molar-refractivity contribution is 8.00. The average molecular weight is 514 g/mol. The molecule has 0 heterocycles. The zero-order valence-electron chi connectivity index (χ0n) is 17.2. The van der Waals surface area contributed by atoms with E-state index in [1.54, 1.807) is 0 Å². The summed E-state index contributed by atoms with van der Waals surface area (Å²) >= 11 is -0.685. The topological polar surface area (TPSA) is 26.3 Å². The third-order valence-electron chi connectivity index (χ3n) is 5.88. The Morgan fingerprint density at radius 2 is 1.76 bits per heavy atom. The lowest BCUT2D eigenvalue weighted by molar-refractivity contribution is -0.169. The monoisotopic (exact) mass is 514 g/mol. The molecular formula is C22H15F9O2S. The van der Waals surface area contributed by atoms with Crippen molar-refractivity contribution in [2.24, 2.45) is 0 Å². The number of fused-ring (bicyclic) bond motifs is 2. The van der Waals surface area contributed by atoms with Gasteiger partial charge in [-0.15, -0.1) is 0 Å². The number of thioether (sulfide) groups is 1. The number of esters is 1. The zero-order valence-corrected chi connectivity index (χ0v) is 18.0. The lowest BCUT2D eigenvalue weighted by Gasteiger charge is -2.33. The normalized spacial score (nSPS) is 22.8. The molecule has 2 aromatic carbocycles. The maximum atomic E-state index is 14.9. The summed E-state index contributed by atoms with van der Waals surface area (Å²) in [6, 6.07) is 2.78. The van der Waals surface area contributed by atoms with Gasteiger partial charge in [0, 0.05) is 53.3 Å². The molecule has 0 saturated carbocycles. The summed E-state index contributed by atoms with van der Waals surface area (Å²) in [5.74, 6) is -12.4. The van der Waals surface area contributed by atoms with E-state index in [0.717, 1.165) is 19.1 Å². The summed E-state index contributed by atoms with van der Waals surface area (Å²) in [5.41, 5.74) is -7.44. The fraction of sp³-hybridized carbons (Fsp3) is 0.409. The third-order valence-corrected chi connectivity index (χ3v) is 6.69. The number of hydrogen-bond donors (Lipinski definition) is 0. The number of halogens is 9. The summed E-state index contributed by atoms with van der Waals surface area (Å²) in [6.45, 7) is 0.817. The van der Waals surface area contributed by atoms with E-state index >= 15 is 0 Å². The van der Waals surface area contributed by atoms with Crippen LogP contribution in [0.2, 0.25) is 0 Å². The number of carbonyl (C=O) groups is 1. The van der Waals surface area contributed by atoms with Gasteiger partial charge in [-0.25, -0.2) is 26.3 Å². The smallest absolute Gasteiger partial charge is 0.446 e. The highest BCUT2D eigenvalue weighted by Crippen LogP contribution is 2.56. The van der Waals surface area contributed by atoms with Crippen molar-refractivity contribution in [3.8, 4) is 0 Å². The van der Waals surface area contributed by atoms with E-state index in [0.29, 0.717) is 12.1 Å². The molecular weight excluding hydrogens is 499 g/mol. The van der Waals surface area contributed by atoms with Crippen LogP contribution in [0.25, 0.3) is 0 Å². The van der Waals surface area contributed by atoms with Crippen molar-refractivity contribution >= 4 is 17.7 Å². The Bertz CT molecular complexity index is 1160. The molecule has 2 aliphatic rings. The van der Waals surface area contributed by atoms with Crippen molar-refractivity contribution in [3.05, 3.63) is 63.7 Å². The van der Waals surface area contributed by atoms with E-state index in [2.05, 4.69) is 4.74 Å². The van der Waals surface area contributed by atoms with Crippen molar-refractivity contribution in [2.45, 2.75) is 60.5 Å². The molecule has 2 aliphatic carbocycles. The minimum absolute atomic E-state index is 0.0990. The fourth-order valence-corrected chi connectivity index (χ4v) is 5.42. The Morgan fingerprint density at radius 3 is 2.38 bits per heavy atom. The van der Waals surface area contributed by atoms with Crippen molar-refractivity contribution in [1.82, 2.24) is 0 Å². The maximum Gasteiger partial charge on any atom is 0.446 e. The Morgan fingerprint density at radius 1 is 1.09 bits per heavy atom. The fourth-order valence-electron chi connectivity index (χ4n) is 4.69. The zero-order chi connectivity index (χ0) is 25.2. The first kappa shape index (κ1) is 24.7. The second kappa shape index (κ2) is 8.10. The van der Waals surface area contributed by atoms with Crippen molar-refractivity contribution in [2.75, 3.05) is 0 Å². The van der Waals surface area contributed by atoms with Gasteiger partial charge in [0.05, 0.1) is 0 Å². The molecule has 184 valence electrons. The van der Waals surface area contributed by atoms with Crippen LogP contribution in [0.5, 0.6) is 0 Å². The number of alkyl halides is 7. The van der Waals surface area contributed by atoms with Crippen LogP contribution < -0.4 is 0 Å². The van der Waals surface area contributed by atoms with Gasteiger partial charge in [0.2, 0.25) is 0 Å². The van der Waals surface area contributed by atoms with Crippen LogP contribution in [0.15, 0.2) is 29.2 Å². The number of rotatable bonds is 3. The van der Waals surface area contributed by atoms with Gasteiger partial charge in [-0.3, -0.25) is 4.79 Å². The van der Waals surface area contributed by atoms with Crippen LogP contribution in [0.1, 0.15) is 59.6 Å². The largest absolute Gasteiger partial charge is 0.451 e. The van der Waals surface area contributed by atoms with Crippen molar-refractivity contribution < 1.29 is 49.0 Å². The summed E-state index contributed by atoms with van der Waals surface area (Å²) < 4.78 is 131. The number of benzene rings is 2. The van der Waals surface area contributed by atoms with Crippen LogP contribution in [-0.4, -0.2) is 17.4 Å². The van der Waals surface area contributed by atoms with Crippen molar-refractivity contribution in [3.63, 3.8) is 0 Å². The molecule has 0 radical (unpaired) electrons. The number of hydrogen-bond acceptors (Lipinski definition) is 3. The van der Waals surface area contributed by atoms with Crippen LogP contribution >= 0.6 is 11.8 Å². The summed E-state index contributed by atoms with van der Waals surface area (Å²) in [5, 5.41) is 0. The van der Waals surface area contributed by atoms with Gasteiger partial charge in [-0.05, 0) is 41.4 Å². The summed E-state index contributed by atoms with van der Waals surface area (Å²) in [7, 11) is 0. The second-order valence-corrected chi connectivity index (χ2v) is 9.27. The molecule has 0 amide bonds. The molecule has 0 aromatic heterocycles. The minimum atomic E-state index is -4.86. The molecule has 0 spiro atoms. The molecule has 0 aliphatic heterocycles. The van der Waals surface area contributed by atoms with Crippen LogP contribution in [0.4, 0.5) is 39.5 Å².